The van der Waals surface area contributed by atoms with Crippen LogP contribution < -0.4 is 9.47 Å². The van der Waals surface area contributed by atoms with Crippen LogP contribution in [0.2, 0.25) is 5.02 Å². The van der Waals surface area contributed by atoms with E-state index in [-0.39, 0.29) is 34.2 Å². The SMILES string of the molecule is COc1cccc(CN2C(=O)C(=O)/C(=C(/O)c3cc(C)cc(Cl)c3OC)C2c2ccncc2)c1. The first kappa shape index (κ1) is 23.3. The van der Waals surface area contributed by atoms with E-state index in [2.05, 4.69) is 4.98 Å². The number of rotatable bonds is 6. The highest BCUT2D eigenvalue weighted by molar-refractivity contribution is 6.46. The Balaban J connectivity index is 1.90. The molecule has 0 bridgehead atoms. The maximum Gasteiger partial charge on any atom is 0.295 e. The van der Waals surface area contributed by atoms with E-state index in [4.69, 9.17) is 21.1 Å². The summed E-state index contributed by atoms with van der Waals surface area (Å²) in [5.74, 6) is -1.01. The smallest absolute Gasteiger partial charge is 0.295 e. The number of Topliss-reactive ketones (excluding diaryl/α,β-unsaturated/α-hetero) is 1. The van der Waals surface area contributed by atoms with E-state index in [1.807, 2.05) is 19.1 Å². The van der Waals surface area contributed by atoms with Gasteiger partial charge in [-0.3, -0.25) is 14.6 Å². The number of methoxy groups -OCH3 is 2. The van der Waals surface area contributed by atoms with Crippen molar-refractivity contribution in [2.24, 2.45) is 0 Å². The van der Waals surface area contributed by atoms with E-state index >= 15 is 0 Å². The van der Waals surface area contributed by atoms with Crippen LogP contribution in [0.1, 0.15) is 28.3 Å². The van der Waals surface area contributed by atoms with Crippen LogP contribution in [0.5, 0.6) is 11.5 Å². The van der Waals surface area contributed by atoms with Crippen molar-refractivity contribution in [1.82, 2.24) is 9.88 Å². The van der Waals surface area contributed by atoms with Crippen LogP contribution in [0.15, 0.2) is 66.5 Å². The first-order valence-corrected chi connectivity index (χ1v) is 10.9. The molecule has 174 valence electrons. The van der Waals surface area contributed by atoms with Gasteiger partial charge in [0.15, 0.2) is 0 Å². The van der Waals surface area contributed by atoms with E-state index in [9.17, 15) is 14.7 Å². The third-order valence-corrected chi connectivity index (χ3v) is 5.98. The highest BCUT2D eigenvalue weighted by Crippen LogP contribution is 2.43. The second-order valence-electron chi connectivity index (χ2n) is 7.89. The van der Waals surface area contributed by atoms with Crippen molar-refractivity contribution in [2.75, 3.05) is 14.2 Å². The fourth-order valence-corrected chi connectivity index (χ4v) is 4.51. The van der Waals surface area contributed by atoms with Gasteiger partial charge in [-0.1, -0.05) is 23.7 Å². The molecular formula is C26H23ClN2O5. The second kappa shape index (κ2) is 9.57. The van der Waals surface area contributed by atoms with Crippen molar-refractivity contribution in [2.45, 2.75) is 19.5 Å². The Morgan fingerprint density at radius 2 is 1.82 bits per heavy atom. The van der Waals surface area contributed by atoms with Crippen LogP contribution in [0.4, 0.5) is 0 Å². The largest absolute Gasteiger partial charge is 0.507 e. The number of ketones is 1. The summed E-state index contributed by atoms with van der Waals surface area (Å²) in [6.07, 6.45) is 3.15. The summed E-state index contributed by atoms with van der Waals surface area (Å²) >= 11 is 6.33. The Kier molecular flexibility index (Phi) is 6.56. The molecule has 34 heavy (non-hydrogen) atoms. The minimum absolute atomic E-state index is 0.0425. The molecule has 4 rings (SSSR count). The molecular weight excluding hydrogens is 456 g/mol. The molecule has 1 fully saturated rings. The van der Waals surface area contributed by atoms with Crippen LogP contribution in [-0.4, -0.2) is 40.9 Å². The molecule has 1 saturated heterocycles. The number of aromatic nitrogens is 1. The molecule has 3 aromatic rings. The molecule has 1 N–H and O–H groups in total. The summed E-state index contributed by atoms with van der Waals surface area (Å²) in [6, 6.07) is 13.2. The van der Waals surface area contributed by atoms with Gasteiger partial charge in [0.1, 0.15) is 17.3 Å². The van der Waals surface area contributed by atoms with Crippen molar-refractivity contribution >= 4 is 29.1 Å². The number of aliphatic hydroxyl groups excluding tert-OH is 1. The van der Waals surface area contributed by atoms with Gasteiger partial charge in [-0.2, -0.15) is 0 Å². The minimum Gasteiger partial charge on any atom is -0.507 e. The Morgan fingerprint density at radius 1 is 1.09 bits per heavy atom. The lowest BCUT2D eigenvalue weighted by atomic mass is 9.95. The number of nitrogens with zero attached hydrogens (tertiary/aromatic N) is 2. The second-order valence-corrected chi connectivity index (χ2v) is 8.29. The van der Waals surface area contributed by atoms with E-state index in [1.54, 1.807) is 55.9 Å². The van der Waals surface area contributed by atoms with Crippen LogP contribution in [0, 0.1) is 6.92 Å². The first-order chi connectivity index (χ1) is 16.3. The summed E-state index contributed by atoms with van der Waals surface area (Å²) in [5.41, 5.74) is 2.37. The van der Waals surface area contributed by atoms with Crippen molar-refractivity contribution < 1.29 is 24.2 Å². The third-order valence-electron chi connectivity index (χ3n) is 5.70. The van der Waals surface area contributed by atoms with Gasteiger partial charge in [0.25, 0.3) is 11.7 Å². The number of aliphatic hydroxyl groups is 1. The Hall–Kier alpha value is -3.84. The molecule has 0 spiro atoms. The van der Waals surface area contributed by atoms with E-state index in [1.165, 1.54) is 12.0 Å². The molecule has 1 aliphatic heterocycles. The van der Waals surface area contributed by atoms with Gasteiger partial charge in [-0.05, 0) is 60.0 Å². The summed E-state index contributed by atoms with van der Waals surface area (Å²) in [7, 11) is 2.98. The van der Waals surface area contributed by atoms with Gasteiger partial charge in [-0.25, -0.2) is 0 Å². The fraction of sp³-hybridized carbons (Fsp3) is 0.192. The Bertz CT molecular complexity index is 1290. The number of carbonyl (C=O) groups excluding carboxylic acids is 2. The topological polar surface area (TPSA) is 89.0 Å². The van der Waals surface area contributed by atoms with Gasteiger partial charge in [0, 0.05) is 18.9 Å². The number of halogens is 1. The maximum absolute atomic E-state index is 13.3. The molecule has 7 nitrogen and oxygen atoms in total. The predicted octanol–water partition coefficient (Wildman–Crippen LogP) is 4.68. The standard InChI is InChI=1S/C26H23ClN2O5/c1-15-11-19(25(34-3)20(27)12-15)23(30)21-22(17-7-9-28-10-8-17)29(26(32)24(21)31)14-16-5-4-6-18(13-16)33-2/h4-13,22,30H,14H2,1-3H3/b23-21+. The molecule has 2 aromatic carbocycles. The van der Waals surface area contributed by atoms with E-state index in [0.29, 0.717) is 11.3 Å². The van der Waals surface area contributed by atoms with Gasteiger partial charge < -0.3 is 19.5 Å². The van der Waals surface area contributed by atoms with Crippen molar-refractivity contribution in [3.63, 3.8) is 0 Å². The summed E-state index contributed by atoms with van der Waals surface area (Å²) in [4.78, 5) is 32.0. The number of benzene rings is 2. The maximum atomic E-state index is 13.3. The van der Waals surface area contributed by atoms with Crippen molar-refractivity contribution in [3.8, 4) is 11.5 Å². The lowest BCUT2D eigenvalue weighted by molar-refractivity contribution is -0.140. The quantitative estimate of drug-likeness (QED) is 0.314. The lowest BCUT2D eigenvalue weighted by Gasteiger charge is -2.25. The molecule has 2 heterocycles. The predicted molar refractivity (Wildman–Crippen MR) is 128 cm³/mol. The number of likely N-dealkylation sites (tertiary alicyclic amines) is 1. The molecule has 0 aliphatic carbocycles. The van der Waals surface area contributed by atoms with Gasteiger partial charge >= 0.3 is 0 Å². The number of ether oxygens (including phenoxy) is 2. The van der Waals surface area contributed by atoms with Crippen molar-refractivity contribution in [1.29, 1.82) is 0 Å². The Morgan fingerprint density at radius 3 is 2.50 bits per heavy atom. The lowest BCUT2D eigenvalue weighted by Crippen LogP contribution is -2.29. The molecule has 1 atom stereocenters. The summed E-state index contributed by atoms with van der Waals surface area (Å²) < 4.78 is 10.7. The van der Waals surface area contributed by atoms with Crippen molar-refractivity contribution in [3.05, 3.63) is 93.8 Å². The number of amides is 1. The molecule has 0 saturated carbocycles. The normalized spacial score (nSPS) is 17.2. The fourth-order valence-electron chi connectivity index (χ4n) is 4.16. The van der Waals surface area contributed by atoms with Gasteiger partial charge in [0.05, 0.1) is 36.4 Å². The van der Waals surface area contributed by atoms with Crippen LogP contribution >= 0.6 is 11.6 Å². The van der Waals surface area contributed by atoms with E-state index in [0.717, 1.165) is 11.1 Å². The number of carbonyl (C=O) groups is 2. The van der Waals surface area contributed by atoms with E-state index < -0.39 is 17.7 Å². The minimum atomic E-state index is -0.835. The zero-order chi connectivity index (χ0) is 24.4. The highest BCUT2D eigenvalue weighted by Gasteiger charge is 2.46. The number of hydrogen-bond donors (Lipinski definition) is 1. The molecule has 1 aliphatic rings. The molecule has 1 amide bonds. The van der Waals surface area contributed by atoms with Crippen LogP contribution in [0.25, 0.3) is 5.76 Å². The number of aryl methyl sites for hydroxylation is 1. The van der Waals surface area contributed by atoms with Gasteiger partial charge in [0.2, 0.25) is 0 Å². The molecule has 8 heteroatoms. The average Bonchev–Trinajstić information content (AvgIpc) is 3.08. The van der Waals surface area contributed by atoms with Gasteiger partial charge in [-0.15, -0.1) is 0 Å². The zero-order valence-corrected chi connectivity index (χ0v) is 19.7. The monoisotopic (exact) mass is 478 g/mol. The number of hydrogen-bond acceptors (Lipinski definition) is 6. The summed E-state index contributed by atoms with van der Waals surface area (Å²) in [5, 5.41) is 11.7. The van der Waals surface area contributed by atoms with Crippen LogP contribution in [0.3, 0.4) is 0 Å². The molecule has 0 radical (unpaired) electrons. The third kappa shape index (κ3) is 4.22. The highest BCUT2D eigenvalue weighted by atomic mass is 35.5. The summed E-state index contributed by atoms with van der Waals surface area (Å²) in [6.45, 7) is 1.95. The number of pyridine rings is 1. The Labute approximate surface area is 202 Å². The zero-order valence-electron chi connectivity index (χ0n) is 18.9. The van der Waals surface area contributed by atoms with Crippen LogP contribution in [-0.2, 0) is 16.1 Å². The molecule has 1 unspecified atom stereocenters. The average molecular weight is 479 g/mol. The first-order valence-electron chi connectivity index (χ1n) is 10.5. The molecule has 1 aromatic heterocycles.